The lowest BCUT2D eigenvalue weighted by molar-refractivity contribution is -0.181. The van der Waals surface area contributed by atoms with E-state index in [-0.39, 0.29) is 36.6 Å². The number of amides is 1. The zero-order valence-corrected chi connectivity index (χ0v) is 20.2. The zero-order chi connectivity index (χ0) is 26.1. The molecule has 2 unspecified atom stereocenters. The lowest BCUT2D eigenvalue weighted by Gasteiger charge is -2.52. The Labute approximate surface area is 202 Å². The monoisotopic (exact) mass is 485 g/mol. The lowest BCUT2D eigenvalue weighted by atomic mass is 9.52. The number of aromatic hydroxyl groups is 1. The first-order valence-corrected chi connectivity index (χ1v) is 11.7. The van der Waals surface area contributed by atoms with Gasteiger partial charge in [0.25, 0.3) is 0 Å². The van der Waals surface area contributed by atoms with Crippen LogP contribution in [0.25, 0.3) is 0 Å². The summed E-state index contributed by atoms with van der Waals surface area (Å²) in [5.41, 5.74) is 10.2. The van der Waals surface area contributed by atoms with Crippen molar-refractivity contribution in [2.45, 2.75) is 50.8 Å². The fourth-order valence-corrected chi connectivity index (χ4v) is 6.43. The minimum absolute atomic E-state index is 0.00101. The molecule has 3 aliphatic rings. The number of fused-ring (bicyclic) bond motifs is 3. The third kappa shape index (κ3) is 3.30. The Morgan fingerprint density at radius 2 is 1.83 bits per heavy atom. The molecule has 0 bridgehead atoms. The predicted molar refractivity (Wildman–Crippen MR) is 123 cm³/mol. The van der Waals surface area contributed by atoms with E-state index < -0.39 is 64.4 Å². The van der Waals surface area contributed by atoms with Gasteiger partial charge in [0.15, 0.2) is 34.7 Å². The number of rotatable bonds is 4. The highest BCUT2D eigenvalue weighted by Gasteiger charge is 2.69. The van der Waals surface area contributed by atoms with Gasteiger partial charge in [-0.3, -0.25) is 28.9 Å². The van der Waals surface area contributed by atoms with Crippen LogP contribution in [0.5, 0.6) is 5.75 Å². The van der Waals surface area contributed by atoms with Crippen LogP contribution in [0.2, 0.25) is 0 Å². The third-order valence-electron chi connectivity index (χ3n) is 8.02. The number of primary amides is 1. The van der Waals surface area contributed by atoms with E-state index in [2.05, 4.69) is 0 Å². The molecule has 10 heteroatoms. The summed E-state index contributed by atoms with van der Waals surface area (Å²) in [6, 6.07) is 0.649. The predicted octanol–water partition coefficient (Wildman–Crippen LogP) is -0.551. The second-order valence-electron chi connectivity index (χ2n) is 10.5. The molecule has 6 N–H and O–H groups in total. The van der Waals surface area contributed by atoms with Crippen molar-refractivity contribution in [2.75, 3.05) is 14.1 Å². The minimum Gasteiger partial charge on any atom is -0.507 e. The Hall–Kier alpha value is -2.95. The van der Waals surface area contributed by atoms with Crippen molar-refractivity contribution in [2.24, 2.45) is 35.1 Å². The van der Waals surface area contributed by atoms with Crippen LogP contribution >= 0.6 is 0 Å². The Balaban J connectivity index is 1.91. The number of hydrogen-bond acceptors (Lipinski definition) is 9. The van der Waals surface area contributed by atoms with Gasteiger partial charge in [-0.15, -0.1) is 0 Å². The first-order chi connectivity index (χ1) is 16.3. The number of hydrogen-bond donors (Lipinski definition) is 4. The van der Waals surface area contributed by atoms with E-state index >= 15 is 0 Å². The van der Waals surface area contributed by atoms with Crippen molar-refractivity contribution in [3.05, 3.63) is 28.3 Å². The smallest absolute Gasteiger partial charge is 0.235 e. The number of carbonyl (C=O) groups is 5. The average molecular weight is 486 g/mol. The molecule has 35 heavy (non-hydrogen) atoms. The molecule has 2 fully saturated rings. The van der Waals surface area contributed by atoms with E-state index in [1.807, 2.05) is 13.8 Å². The number of nitrogens with two attached hydrogens (primary N) is 2. The molecule has 6 atom stereocenters. The summed E-state index contributed by atoms with van der Waals surface area (Å²) in [5.74, 6) is -10.5. The molecule has 0 heterocycles. The Morgan fingerprint density at radius 1 is 1.20 bits per heavy atom. The summed E-state index contributed by atoms with van der Waals surface area (Å²) < 4.78 is 0. The van der Waals surface area contributed by atoms with E-state index in [1.165, 1.54) is 4.90 Å². The van der Waals surface area contributed by atoms with Crippen LogP contribution in [0.15, 0.2) is 6.07 Å². The molecule has 0 spiro atoms. The molecule has 2 saturated carbocycles. The molecule has 188 valence electrons. The highest BCUT2D eigenvalue weighted by molar-refractivity contribution is 6.32. The fourth-order valence-electron chi connectivity index (χ4n) is 6.43. The van der Waals surface area contributed by atoms with Gasteiger partial charge in [0.2, 0.25) is 5.91 Å². The van der Waals surface area contributed by atoms with Crippen molar-refractivity contribution in [1.82, 2.24) is 4.90 Å². The fraction of sp³-hybridized carbons (Fsp3) is 0.560. The summed E-state index contributed by atoms with van der Waals surface area (Å²) in [6.07, 6.45) is 0.276. The first-order valence-electron chi connectivity index (χ1n) is 11.7. The Kier molecular flexibility index (Phi) is 5.98. The maximum Gasteiger partial charge on any atom is 0.235 e. The van der Waals surface area contributed by atoms with Gasteiger partial charge in [-0.2, -0.15) is 0 Å². The summed E-state index contributed by atoms with van der Waals surface area (Å²) in [5, 5.41) is 22.4. The van der Waals surface area contributed by atoms with Crippen molar-refractivity contribution in [3.63, 3.8) is 0 Å². The Morgan fingerprint density at radius 3 is 2.34 bits per heavy atom. The second kappa shape index (κ2) is 8.32. The zero-order valence-electron chi connectivity index (χ0n) is 20.2. The summed E-state index contributed by atoms with van der Waals surface area (Å²) in [6.45, 7) is 3.86. The number of phenolic OH excluding ortho intramolecular Hbond substituents is 1. The number of phenols is 1. The van der Waals surface area contributed by atoms with E-state index in [0.717, 1.165) is 5.56 Å². The SMILES string of the molecule is CC(C)c1cc(CN)c(O)c2c1C[C@H]1C[C@H]3[C@H](N(C)C)C(=O)C(C(N)=O)C(=O)[C@@]3(O)C(=O)C1C2=O. The highest BCUT2D eigenvalue weighted by atomic mass is 16.3. The summed E-state index contributed by atoms with van der Waals surface area (Å²) >= 11 is 0. The highest BCUT2D eigenvalue weighted by Crippen LogP contribution is 2.51. The number of ketones is 4. The molecule has 4 rings (SSSR count). The van der Waals surface area contributed by atoms with E-state index in [1.54, 1.807) is 20.2 Å². The average Bonchev–Trinajstić information content (AvgIpc) is 2.75. The molecule has 3 aliphatic carbocycles. The first kappa shape index (κ1) is 25.2. The number of likely N-dealkylation sites (N-methyl/N-ethyl adjacent to an activating group) is 1. The molecule has 1 amide bonds. The normalized spacial score (nSPS) is 32.5. The van der Waals surface area contributed by atoms with Crippen molar-refractivity contribution >= 4 is 29.0 Å². The lowest BCUT2D eigenvalue weighted by Crippen LogP contribution is -2.74. The Bertz CT molecular complexity index is 1170. The number of aliphatic hydroxyl groups is 1. The van der Waals surface area contributed by atoms with E-state index in [4.69, 9.17) is 11.5 Å². The topological polar surface area (TPSA) is 181 Å². The van der Waals surface area contributed by atoms with Gasteiger partial charge in [-0.1, -0.05) is 19.9 Å². The molecule has 0 saturated heterocycles. The standard InChI is InChI=1S/C25H31N3O7/c1-9(2)12-6-11(8-26)19(29)16-13(12)5-10-7-14-18(28(3)4)21(31)17(24(27)34)23(33)25(14,35)22(32)15(10)20(16)30/h6,9-10,14-15,17-18,29,35H,5,7-8,26H2,1-4H3,(H2,27,34)/t10-,14-,15?,17?,18-,25-/m0/s1. The molecule has 0 aromatic heterocycles. The van der Waals surface area contributed by atoms with Gasteiger partial charge < -0.3 is 21.7 Å². The van der Waals surface area contributed by atoms with Gasteiger partial charge in [-0.05, 0) is 49.9 Å². The van der Waals surface area contributed by atoms with Crippen LogP contribution in [-0.4, -0.2) is 69.9 Å². The summed E-state index contributed by atoms with van der Waals surface area (Å²) in [7, 11) is 3.11. The van der Waals surface area contributed by atoms with Gasteiger partial charge in [-0.25, -0.2) is 0 Å². The number of carbonyl (C=O) groups excluding carboxylic acids is 5. The van der Waals surface area contributed by atoms with Crippen molar-refractivity contribution in [3.8, 4) is 5.75 Å². The van der Waals surface area contributed by atoms with E-state index in [9.17, 15) is 34.2 Å². The molecular formula is C25H31N3O7. The largest absolute Gasteiger partial charge is 0.507 e. The molecule has 0 radical (unpaired) electrons. The van der Waals surface area contributed by atoms with Crippen molar-refractivity contribution < 1.29 is 34.2 Å². The van der Waals surface area contributed by atoms with Crippen LogP contribution in [0.3, 0.4) is 0 Å². The summed E-state index contributed by atoms with van der Waals surface area (Å²) in [4.78, 5) is 67.4. The van der Waals surface area contributed by atoms with Crippen molar-refractivity contribution in [1.29, 1.82) is 0 Å². The van der Waals surface area contributed by atoms with Crippen LogP contribution in [0.1, 0.15) is 53.2 Å². The van der Waals surface area contributed by atoms with Gasteiger partial charge in [0.05, 0.1) is 17.5 Å². The van der Waals surface area contributed by atoms with Crippen LogP contribution in [-0.2, 0) is 32.1 Å². The van der Waals surface area contributed by atoms with Crippen LogP contribution in [0.4, 0.5) is 0 Å². The van der Waals surface area contributed by atoms with Gasteiger partial charge in [0.1, 0.15) is 5.75 Å². The number of nitrogens with zero attached hydrogens (tertiary/aromatic N) is 1. The molecule has 1 aromatic rings. The minimum atomic E-state index is -2.72. The second-order valence-corrected chi connectivity index (χ2v) is 10.5. The quantitative estimate of drug-likeness (QED) is 0.407. The van der Waals surface area contributed by atoms with E-state index in [0.29, 0.717) is 11.1 Å². The number of Topliss-reactive ketones (excluding diaryl/α,β-unsaturated/α-hetero) is 4. The maximum absolute atomic E-state index is 13.8. The van der Waals surface area contributed by atoms with Crippen LogP contribution < -0.4 is 11.5 Å². The third-order valence-corrected chi connectivity index (χ3v) is 8.02. The number of benzene rings is 1. The molecule has 1 aromatic carbocycles. The molecular weight excluding hydrogens is 454 g/mol. The maximum atomic E-state index is 13.8. The molecule has 0 aliphatic heterocycles. The van der Waals surface area contributed by atoms with Gasteiger partial charge in [0, 0.05) is 18.0 Å². The van der Waals surface area contributed by atoms with Gasteiger partial charge >= 0.3 is 0 Å². The van der Waals surface area contributed by atoms with Crippen LogP contribution in [0, 0.1) is 23.7 Å². The molecule has 10 nitrogen and oxygen atoms in total.